The molecule has 23 heavy (non-hydrogen) atoms. The molecule has 2 heterocycles. The number of hydrogen-bond acceptors (Lipinski definition) is 5. The van der Waals surface area contributed by atoms with Crippen molar-refractivity contribution in [2.45, 2.75) is 31.3 Å². The van der Waals surface area contributed by atoms with Crippen molar-refractivity contribution in [3.8, 4) is 5.75 Å². The van der Waals surface area contributed by atoms with Crippen molar-refractivity contribution in [3.05, 3.63) is 33.9 Å². The Balaban J connectivity index is 0.00000192. The third kappa shape index (κ3) is 3.56. The van der Waals surface area contributed by atoms with Gasteiger partial charge in [0.15, 0.2) is 0 Å². The fourth-order valence-corrected chi connectivity index (χ4v) is 3.27. The number of nitrogens with one attached hydrogen (secondary N) is 1. The number of rotatable bonds is 3. The monoisotopic (exact) mass is 341 g/mol. The van der Waals surface area contributed by atoms with E-state index < -0.39 is 4.92 Å². The summed E-state index contributed by atoms with van der Waals surface area (Å²) in [5.74, 6) is 0.174. The van der Waals surface area contributed by atoms with Crippen LogP contribution in [0.4, 0.5) is 5.69 Å². The maximum absolute atomic E-state index is 12.8. The molecule has 7 nitrogen and oxygen atoms in total. The van der Waals surface area contributed by atoms with Gasteiger partial charge >= 0.3 is 0 Å². The summed E-state index contributed by atoms with van der Waals surface area (Å²) in [6, 6.07) is 4.93. The summed E-state index contributed by atoms with van der Waals surface area (Å²) < 4.78 is 5.20. The highest BCUT2D eigenvalue weighted by Crippen LogP contribution is 2.27. The second-order valence-corrected chi connectivity index (χ2v) is 5.82. The molecule has 0 aromatic heterocycles. The van der Waals surface area contributed by atoms with Crippen molar-refractivity contribution >= 4 is 24.0 Å². The number of methoxy groups -OCH3 is 1. The number of non-ortho nitro benzene ring substituents is 1. The molecule has 2 unspecified atom stereocenters. The molecule has 8 heteroatoms. The molecule has 0 spiro atoms. The summed E-state index contributed by atoms with van der Waals surface area (Å²) in [6.07, 6.45) is 3.15. The number of fused-ring (bicyclic) bond motifs is 2. The predicted molar refractivity (Wildman–Crippen MR) is 87.4 cm³/mol. The van der Waals surface area contributed by atoms with Crippen molar-refractivity contribution in [2.24, 2.45) is 0 Å². The molecule has 126 valence electrons. The highest BCUT2D eigenvalue weighted by Gasteiger charge is 2.32. The zero-order chi connectivity index (χ0) is 15.7. The topological polar surface area (TPSA) is 84.7 Å². The van der Waals surface area contributed by atoms with E-state index in [0.29, 0.717) is 30.9 Å². The van der Waals surface area contributed by atoms with Crippen LogP contribution < -0.4 is 10.1 Å². The minimum Gasteiger partial charge on any atom is -0.496 e. The Kier molecular flexibility index (Phi) is 5.43. The predicted octanol–water partition coefficient (Wildman–Crippen LogP) is 1.99. The molecule has 1 N–H and O–H groups in total. The second-order valence-electron chi connectivity index (χ2n) is 5.82. The molecule has 2 fully saturated rings. The molecule has 1 aromatic rings. The van der Waals surface area contributed by atoms with Crippen LogP contribution in [0.5, 0.6) is 5.75 Å². The number of ether oxygens (including phenoxy) is 1. The zero-order valence-electron chi connectivity index (χ0n) is 12.9. The number of nitro benzene ring substituents is 1. The molecule has 0 aliphatic carbocycles. The van der Waals surface area contributed by atoms with Crippen LogP contribution in [0.1, 0.15) is 29.6 Å². The van der Waals surface area contributed by atoms with E-state index in [1.807, 2.05) is 0 Å². The van der Waals surface area contributed by atoms with E-state index in [1.54, 1.807) is 4.90 Å². The first kappa shape index (κ1) is 17.5. The number of carbonyl (C=O) groups excluding carboxylic acids is 1. The number of nitrogens with zero attached hydrogens (tertiary/aromatic N) is 2. The summed E-state index contributed by atoms with van der Waals surface area (Å²) >= 11 is 0. The van der Waals surface area contributed by atoms with Crippen LogP contribution in [-0.2, 0) is 0 Å². The van der Waals surface area contributed by atoms with Gasteiger partial charge in [-0.3, -0.25) is 14.9 Å². The number of halogens is 1. The van der Waals surface area contributed by atoms with Crippen molar-refractivity contribution in [3.63, 3.8) is 0 Å². The van der Waals surface area contributed by atoms with Crippen LogP contribution >= 0.6 is 12.4 Å². The van der Waals surface area contributed by atoms with Crippen molar-refractivity contribution < 1.29 is 14.5 Å². The number of amides is 1. The Morgan fingerprint density at radius 3 is 2.78 bits per heavy atom. The van der Waals surface area contributed by atoms with E-state index in [4.69, 9.17) is 4.74 Å². The van der Waals surface area contributed by atoms with E-state index in [2.05, 4.69) is 5.32 Å². The van der Waals surface area contributed by atoms with Gasteiger partial charge in [-0.1, -0.05) is 0 Å². The minimum atomic E-state index is -0.498. The van der Waals surface area contributed by atoms with Gasteiger partial charge in [-0.2, -0.15) is 0 Å². The number of likely N-dealkylation sites (tertiary alicyclic amines) is 1. The lowest BCUT2D eigenvalue weighted by Crippen LogP contribution is -2.39. The van der Waals surface area contributed by atoms with Crippen LogP contribution in [0.3, 0.4) is 0 Å². The van der Waals surface area contributed by atoms with Crippen LogP contribution in [0, 0.1) is 10.1 Å². The van der Waals surface area contributed by atoms with Crippen LogP contribution in [0.25, 0.3) is 0 Å². The Morgan fingerprint density at radius 2 is 2.09 bits per heavy atom. The Morgan fingerprint density at radius 1 is 1.35 bits per heavy atom. The fraction of sp³-hybridized carbons (Fsp3) is 0.533. The lowest BCUT2D eigenvalue weighted by Gasteiger charge is -2.25. The molecule has 2 aliphatic heterocycles. The molecule has 1 amide bonds. The van der Waals surface area contributed by atoms with Gasteiger partial charge in [-0.25, -0.2) is 0 Å². The Labute approximate surface area is 140 Å². The standard InChI is InChI=1S/C15H19N3O4.ClH/c1-22-14-5-4-12(18(20)21)8-13(14)15(19)17-7-6-10-2-3-11(9-17)16-10;/h4-5,8,10-11,16H,2-3,6-7,9H2,1H3;1H. The van der Waals surface area contributed by atoms with E-state index >= 15 is 0 Å². The van der Waals surface area contributed by atoms with Crippen LogP contribution in [0.15, 0.2) is 18.2 Å². The van der Waals surface area contributed by atoms with Crippen molar-refractivity contribution in [1.29, 1.82) is 0 Å². The van der Waals surface area contributed by atoms with Gasteiger partial charge in [0.2, 0.25) is 0 Å². The summed E-state index contributed by atoms with van der Waals surface area (Å²) in [5, 5.41) is 14.5. The van der Waals surface area contributed by atoms with Gasteiger partial charge in [0.25, 0.3) is 11.6 Å². The highest BCUT2D eigenvalue weighted by molar-refractivity contribution is 5.97. The summed E-state index contributed by atoms with van der Waals surface area (Å²) in [7, 11) is 1.46. The van der Waals surface area contributed by atoms with Crippen LogP contribution in [0.2, 0.25) is 0 Å². The van der Waals surface area contributed by atoms with Crippen LogP contribution in [-0.4, -0.2) is 48.0 Å². The average molecular weight is 342 g/mol. The largest absolute Gasteiger partial charge is 0.496 e. The first-order valence-corrected chi connectivity index (χ1v) is 7.46. The van der Waals surface area contributed by atoms with Gasteiger partial charge in [-0.05, 0) is 25.3 Å². The van der Waals surface area contributed by atoms with Crippen molar-refractivity contribution in [1.82, 2.24) is 10.2 Å². The van der Waals surface area contributed by atoms with Gasteiger partial charge in [0.1, 0.15) is 5.75 Å². The van der Waals surface area contributed by atoms with E-state index in [9.17, 15) is 14.9 Å². The molecule has 2 saturated heterocycles. The average Bonchev–Trinajstić information content (AvgIpc) is 2.85. The smallest absolute Gasteiger partial charge is 0.270 e. The highest BCUT2D eigenvalue weighted by atomic mass is 35.5. The zero-order valence-corrected chi connectivity index (χ0v) is 13.7. The molecule has 3 rings (SSSR count). The fourth-order valence-electron chi connectivity index (χ4n) is 3.27. The molecule has 2 aliphatic rings. The Bertz CT molecular complexity index is 610. The molecule has 0 saturated carbocycles. The molecular weight excluding hydrogens is 322 g/mol. The van der Waals surface area contributed by atoms with Gasteiger partial charge in [-0.15, -0.1) is 12.4 Å². The minimum absolute atomic E-state index is 0. The third-order valence-electron chi connectivity index (χ3n) is 4.43. The lowest BCUT2D eigenvalue weighted by molar-refractivity contribution is -0.384. The normalized spacial score (nSPS) is 22.9. The third-order valence-corrected chi connectivity index (χ3v) is 4.43. The van der Waals surface area contributed by atoms with E-state index in [-0.39, 0.29) is 29.6 Å². The number of carbonyl (C=O) groups is 1. The molecule has 2 atom stereocenters. The molecule has 2 bridgehead atoms. The summed E-state index contributed by atoms with van der Waals surface area (Å²) in [4.78, 5) is 25.0. The van der Waals surface area contributed by atoms with Gasteiger partial charge < -0.3 is 15.0 Å². The molecule has 1 aromatic carbocycles. The quantitative estimate of drug-likeness (QED) is 0.671. The number of hydrogen-bond donors (Lipinski definition) is 1. The number of nitro groups is 1. The summed E-state index contributed by atoms with van der Waals surface area (Å²) in [6.45, 7) is 1.31. The van der Waals surface area contributed by atoms with E-state index in [1.165, 1.54) is 25.3 Å². The molecular formula is C15H20ClN3O4. The maximum atomic E-state index is 12.8. The van der Waals surface area contributed by atoms with E-state index in [0.717, 1.165) is 19.3 Å². The Hall–Kier alpha value is -1.86. The maximum Gasteiger partial charge on any atom is 0.270 e. The summed E-state index contributed by atoms with van der Waals surface area (Å²) in [5.41, 5.74) is 0.160. The first-order chi connectivity index (χ1) is 10.6. The van der Waals surface area contributed by atoms with Gasteiger partial charge in [0, 0.05) is 37.3 Å². The lowest BCUT2D eigenvalue weighted by atomic mass is 10.1. The van der Waals surface area contributed by atoms with Crippen molar-refractivity contribution in [2.75, 3.05) is 20.2 Å². The second kappa shape index (κ2) is 7.14. The molecule has 0 radical (unpaired) electrons. The first-order valence-electron chi connectivity index (χ1n) is 7.46. The van der Waals surface area contributed by atoms with Gasteiger partial charge in [0.05, 0.1) is 17.6 Å². The SMILES string of the molecule is COc1ccc([N+](=O)[O-])cc1C(=O)N1CCC2CCC(C1)N2.Cl. The number of benzene rings is 1.